The second-order valence-electron chi connectivity index (χ2n) is 5.47. The van der Waals surface area contributed by atoms with Crippen molar-refractivity contribution in [2.24, 2.45) is 0 Å². The van der Waals surface area contributed by atoms with E-state index in [0.717, 1.165) is 6.04 Å². The zero-order valence-electron chi connectivity index (χ0n) is 12.6. The molecule has 0 aromatic carbocycles. The van der Waals surface area contributed by atoms with E-state index >= 15 is 0 Å². The van der Waals surface area contributed by atoms with Crippen molar-refractivity contribution >= 4 is 44.8 Å². The number of carbonyl (C=O) groups is 2. The molecule has 23 heavy (non-hydrogen) atoms. The number of hydrogen-bond donors (Lipinski definition) is 2. The van der Waals surface area contributed by atoms with Crippen LogP contribution in [0.3, 0.4) is 0 Å². The molecule has 7 heteroatoms. The van der Waals surface area contributed by atoms with E-state index in [1.165, 1.54) is 28.6 Å². The Morgan fingerprint density at radius 2 is 1.96 bits per heavy atom. The van der Waals surface area contributed by atoms with E-state index in [0.29, 0.717) is 18.2 Å². The number of halogens is 1. The van der Waals surface area contributed by atoms with E-state index in [9.17, 15) is 9.59 Å². The van der Waals surface area contributed by atoms with E-state index in [1.807, 2.05) is 11.3 Å². The van der Waals surface area contributed by atoms with Gasteiger partial charge in [-0.15, -0.1) is 11.3 Å². The van der Waals surface area contributed by atoms with Crippen LogP contribution in [0.4, 0.5) is 0 Å². The molecule has 2 bridgehead atoms. The van der Waals surface area contributed by atoms with Gasteiger partial charge in [-0.25, -0.2) is 9.59 Å². The van der Waals surface area contributed by atoms with Crippen molar-refractivity contribution in [3.63, 3.8) is 0 Å². The minimum atomic E-state index is -1.26. The molecule has 0 radical (unpaired) electrons. The number of aliphatic carboxylic acids is 2. The molecule has 1 saturated heterocycles. The predicted molar refractivity (Wildman–Crippen MR) is 93.6 cm³/mol. The Morgan fingerprint density at radius 3 is 2.43 bits per heavy atom. The fourth-order valence-corrected chi connectivity index (χ4v) is 4.54. The number of fused-ring (bicyclic) bond motifs is 2. The lowest BCUT2D eigenvalue weighted by Gasteiger charge is -2.30. The highest BCUT2D eigenvalue weighted by Crippen LogP contribution is 2.41. The van der Waals surface area contributed by atoms with Gasteiger partial charge in [0.2, 0.25) is 0 Å². The molecule has 124 valence electrons. The van der Waals surface area contributed by atoms with Crippen molar-refractivity contribution < 1.29 is 19.8 Å². The number of carboxylic acids is 2. The molecule has 0 spiro atoms. The number of hydrogen-bond acceptors (Lipinski definition) is 4. The summed E-state index contributed by atoms with van der Waals surface area (Å²) >= 11 is 5.49. The standard InChI is InChI=1S/C12H14BrNS.C4H4O4/c1-14-9-2-3-10(14)7-8(6-9)12-11(13)4-5-15-12;5-3(6)1-2-4(7)8/h4-6,9-10H,2-3,7H2,1H3;1-2H,(H,5,6)(H,7,8). The summed E-state index contributed by atoms with van der Waals surface area (Å²) in [6.45, 7) is 0. The van der Waals surface area contributed by atoms with Crippen molar-refractivity contribution in [2.45, 2.75) is 31.3 Å². The van der Waals surface area contributed by atoms with Crippen LogP contribution in [-0.4, -0.2) is 46.2 Å². The summed E-state index contributed by atoms with van der Waals surface area (Å²) < 4.78 is 1.27. The summed E-state index contributed by atoms with van der Waals surface area (Å²) in [6, 6.07) is 3.62. The molecule has 2 N–H and O–H groups in total. The van der Waals surface area contributed by atoms with Crippen molar-refractivity contribution in [1.82, 2.24) is 4.90 Å². The summed E-state index contributed by atoms with van der Waals surface area (Å²) in [4.78, 5) is 23.1. The smallest absolute Gasteiger partial charge is 0.328 e. The normalized spacial score (nSPS) is 23.3. The minimum absolute atomic E-state index is 0.558. The first-order chi connectivity index (χ1) is 10.9. The quantitative estimate of drug-likeness (QED) is 0.760. The van der Waals surface area contributed by atoms with Crippen LogP contribution >= 0.6 is 27.3 Å². The molecule has 3 rings (SSSR count). The molecular formula is C16H18BrNO4S. The summed E-state index contributed by atoms with van der Waals surface area (Å²) in [5.41, 5.74) is 1.56. The Balaban J connectivity index is 0.000000207. The fraction of sp³-hybridized carbons (Fsp3) is 0.375. The van der Waals surface area contributed by atoms with Gasteiger partial charge in [0.15, 0.2) is 0 Å². The zero-order valence-corrected chi connectivity index (χ0v) is 15.0. The minimum Gasteiger partial charge on any atom is -0.478 e. The molecule has 2 aliphatic rings. The molecular weight excluding hydrogens is 382 g/mol. The van der Waals surface area contributed by atoms with Gasteiger partial charge in [0.25, 0.3) is 0 Å². The van der Waals surface area contributed by atoms with Gasteiger partial charge in [0.1, 0.15) is 0 Å². The Kier molecular flexibility index (Phi) is 6.15. The van der Waals surface area contributed by atoms with E-state index in [-0.39, 0.29) is 0 Å². The molecule has 1 aromatic rings. The summed E-state index contributed by atoms with van der Waals surface area (Å²) in [6.07, 6.45) is 7.52. The third-order valence-electron chi connectivity index (χ3n) is 4.02. The first-order valence-corrected chi connectivity index (χ1v) is 8.85. The number of likely N-dealkylation sites (N-methyl/N-ethyl adjacent to an activating group) is 1. The maximum atomic E-state index is 9.55. The fourth-order valence-electron chi connectivity index (χ4n) is 2.88. The van der Waals surface area contributed by atoms with Gasteiger partial charge in [-0.05, 0) is 59.3 Å². The van der Waals surface area contributed by atoms with Crippen LogP contribution in [0.5, 0.6) is 0 Å². The maximum absolute atomic E-state index is 9.55. The number of carboxylic acid groups (broad SMARTS) is 2. The number of thiophene rings is 1. The summed E-state index contributed by atoms with van der Waals surface area (Å²) in [7, 11) is 2.26. The lowest BCUT2D eigenvalue weighted by Crippen LogP contribution is -2.34. The number of rotatable bonds is 3. The maximum Gasteiger partial charge on any atom is 0.328 e. The van der Waals surface area contributed by atoms with E-state index in [4.69, 9.17) is 10.2 Å². The van der Waals surface area contributed by atoms with E-state index in [1.54, 1.807) is 5.57 Å². The van der Waals surface area contributed by atoms with Crippen LogP contribution in [0, 0.1) is 0 Å². The van der Waals surface area contributed by atoms with Crippen LogP contribution in [0.25, 0.3) is 5.57 Å². The first-order valence-electron chi connectivity index (χ1n) is 7.18. The molecule has 3 heterocycles. The van der Waals surface area contributed by atoms with Crippen molar-refractivity contribution in [3.8, 4) is 0 Å². The second kappa shape index (κ2) is 7.90. The van der Waals surface area contributed by atoms with Gasteiger partial charge in [-0.3, -0.25) is 4.90 Å². The Bertz CT molecular complexity index is 636. The second-order valence-corrected chi connectivity index (χ2v) is 7.24. The highest BCUT2D eigenvalue weighted by Gasteiger charge is 2.34. The van der Waals surface area contributed by atoms with Crippen LogP contribution in [0.2, 0.25) is 0 Å². The van der Waals surface area contributed by atoms with Gasteiger partial charge in [-0.1, -0.05) is 6.08 Å². The molecule has 5 nitrogen and oxygen atoms in total. The van der Waals surface area contributed by atoms with Crippen molar-refractivity contribution in [3.05, 3.63) is 39.0 Å². The molecule has 0 aliphatic carbocycles. The monoisotopic (exact) mass is 399 g/mol. The topological polar surface area (TPSA) is 77.8 Å². The Morgan fingerprint density at radius 1 is 1.30 bits per heavy atom. The Hall–Kier alpha value is -1.44. The average molecular weight is 400 g/mol. The van der Waals surface area contributed by atoms with Crippen LogP contribution in [0.15, 0.2) is 34.1 Å². The van der Waals surface area contributed by atoms with Gasteiger partial charge < -0.3 is 10.2 Å². The van der Waals surface area contributed by atoms with Crippen LogP contribution < -0.4 is 0 Å². The van der Waals surface area contributed by atoms with Gasteiger partial charge in [0.05, 0.1) is 0 Å². The summed E-state index contributed by atoms with van der Waals surface area (Å²) in [5.74, 6) is -2.51. The van der Waals surface area contributed by atoms with Gasteiger partial charge in [-0.2, -0.15) is 0 Å². The molecule has 2 atom stereocenters. The van der Waals surface area contributed by atoms with E-state index in [2.05, 4.69) is 45.4 Å². The van der Waals surface area contributed by atoms with Crippen LogP contribution in [-0.2, 0) is 9.59 Å². The molecule has 1 fully saturated rings. The third-order valence-corrected chi connectivity index (χ3v) is 5.93. The van der Waals surface area contributed by atoms with E-state index < -0.39 is 11.9 Å². The molecule has 0 saturated carbocycles. The average Bonchev–Trinajstić information content (AvgIpc) is 2.97. The lowest BCUT2D eigenvalue weighted by atomic mass is 10.0. The zero-order chi connectivity index (χ0) is 17.0. The Labute approximate surface area is 147 Å². The molecule has 2 unspecified atom stereocenters. The predicted octanol–water partition coefficient (Wildman–Crippen LogP) is 3.47. The highest BCUT2D eigenvalue weighted by molar-refractivity contribution is 9.10. The molecule has 1 aromatic heterocycles. The first kappa shape index (κ1) is 17.9. The van der Waals surface area contributed by atoms with Gasteiger partial charge in [0, 0.05) is 33.6 Å². The lowest BCUT2D eigenvalue weighted by molar-refractivity contribution is -0.134. The van der Waals surface area contributed by atoms with Gasteiger partial charge >= 0.3 is 11.9 Å². The summed E-state index contributed by atoms with van der Waals surface area (Å²) in [5, 5.41) is 17.8. The van der Waals surface area contributed by atoms with Crippen molar-refractivity contribution in [2.75, 3.05) is 7.05 Å². The molecule has 2 aliphatic heterocycles. The third kappa shape index (κ3) is 4.76. The molecule has 0 amide bonds. The highest BCUT2D eigenvalue weighted by atomic mass is 79.9. The number of nitrogens with zero attached hydrogens (tertiary/aromatic N) is 1. The largest absolute Gasteiger partial charge is 0.478 e. The van der Waals surface area contributed by atoms with Crippen LogP contribution in [0.1, 0.15) is 24.1 Å². The SMILES string of the molecule is CN1C2C=C(c3sccc3Br)CC1CC2.O=C(O)C=CC(=O)O. The van der Waals surface area contributed by atoms with Crippen molar-refractivity contribution in [1.29, 1.82) is 0 Å².